The van der Waals surface area contributed by atoms with Crippen LogP contribution in [0.1, 0.15) is 27.0 Å². The Balaban J connectivity index is 1.75. The Morgan fingerprint density at radius 2 is 1.88 bits per heavy atom. The van der Waals surface area contributed by atoms with Gasteiger partial charge in [-0.05, 0) is 42.9 Å². The molecule has 2 aromatic carbocycles. The summed E-state index contributed by atoms with van der Waals surface area (Å²) in [5, 5.41) is 0. The number of ether oxygens (including phenoxy) is 1. The zero-order valence-electron chi connectivity index (χ0n) is 14.6. The number of nitrogens with zero attached hydrogens (tertiary/aromatic N) is 2. The van der Waals surface area contributed by atoms with Crippen molar-refractivity contribution < 1.29 is 9.53 Å². The average molecular weight is 324 g/mol. The zero-order chi connectivity index (χ0) is 17.1. The number of hydrogen-bond donors (Lipinski definition) is 0. The van der Waals surface area contributed by atoms with Crippen LogP contribution in [0, 0.1) is 0 Å². The molecule has 0 saturated heterocycles. The van der Waals surface area contributed by atoms with E-state index in [1.54, 1.807) is 4.90 Å². The molecular weight excluding hydrogens is 300 g/mol. The number of hydrogen-bond acceptors (Lipinski definition) is 3. The van der Waals surface area contributed by atoms with Crippen molar-refractivity contribution in [3.8, 4) is 5.75 Å². The zero-order valence-corrected chi connectivity index (χ0v) is 14.6. The number of rotatable bonds is 5. The van der Waals surface area contributed by atoms with Crippen LogP contribution < -0.4 is 4.74 Å². The SMILES string of the molecule is CN(C)Cc1ccccc1C(=O)N(C)Cc1ccc2c(c1)CCO2. The van der Waals surface area contributed by atoms with Crippen LogP contribution in [0.3, 0.4) is 0 Å². The fraction of sp³-hybridized carbons (Fsp3) is 0.350. The van der Waals surface area contributed by atoms with Gasteiger partial charge in [0.2, 0.25) is 0 Å². The minimum atomic E-state index is 0.0594. The van der Waals surface area contributed by atoms with Gasteiger partial charge in [0.1, 0.15) is 5.75 Å². The van der Waals surface area contributed by atoms with E-state index in [4.69, 9.17) is 4.74 Å². The lowest BCUT2D eigenvalue weighted by molar-refractivity contribution is 0.0783. The Morgan fingerprint density at radius 1 is 1.08 bits per heavy atom. The monoisotopic (exact) mass is 324 g/mol. The molecule has 1 aliphatic rings. The molecule has 0 unspecified atom stereocenters. The molecule has 126 valence electrons. The highest BCUT2D eigenvalue weighted by molar-refractivity contribution is 5.95. The van der Waals surface area contributed by atoms with Crippen LogP contribution in [-0.2, 0) is 19.5 Å². The molecule has 24 heavy (non-hydrogen) atoms. The van der Waals surface area contributed by atoms with Gasteiger partial charge in [-0.2, -0.15) is 0 Å². The molecular formula is C20H24N2O2. The molecule has 1 amide bonds. The fourth-order valence-corrected chi connectivity index (χ4v) is 3.10. The maximum Gasteiger partial charge on any atom is 0.254 e. The standard InChI is InChI=1S/C20H24N2O2/c1-21(2)14-17-6-4-5-7-18(17)20(23)22(3)13-15-8-9-19-16(12-15)10-11-24-19/h4-9,12H,10-11,13-14H2,1-3H3. The maximum atomic E-state index is 12.9. The molecule has 1 aliphatic heterocycles. The highest BCUT2D eigenvalue weighted by Crippen LogP contribution is 2.26. The molecule has 0 N–H and O–H groups in total. The highest BCUT2D eigenvalue weighted by atomic mass is 16.5. The van der Waals surface area contributed by atoms with Crippen molar-refractivity contribution in [3.05, 3.63) is 64.7 Å². The van der Waals surface area contributed by atoms with Crippen LogP contribution in [-0.4, -0.2) is 43.5 Å². The first-order valence-corrected chi connectivity index (χ1v) is 8.27. The first-order valence-electron chi connectivity index (χ1n) is 8.27. The average Bonchev–Trinajstić information content (AvgIpc) is 3.02. The molecule has 0 bridgehead atoms. The summed E-state index contributed by atoms with van der Waals surface area (Å²) in [5.41, 5.74) is 4.21. The van der Waals surface area contributed by atoms with E-state index in [9.17, 15) is 4.79 Å². The van der Waals surface area contributed by atoms with Gasteiger partial charge in [-0.3, -0.25) is 4.79 Å². The third-order valence-corrected chi connectivity index (χ3v) is 4.25. The summed E-state index contributed by atoms with van der Waals surface area (Å²) in [6.07, 6.45) is 0.951. The van der Waals surface area contributed by atoms with Crippen LogP contribution in [0.25, 0.3) is 0 Å². The van der Waals surface area contributed by atoms with Gasteiger partial charge >= 0.3 is 0 Å². The summed E-state index contributed by atoms with van der Waals surface area (Å²) < 4.78 is 5.54. The Labute approximate surface area is 143 Å². The molecule has 0 aliphatic carbocycles. The second kappa shape index (κ2) is 7.05. The van der Waals surface area contributed by atoms with Crippen molar-refractivity contribution in [3.63, 3.8) is 0 Å². The van der Waals surface area contributed by atoms with Crippen molar-refractivity contribution in [2.45, 2.75) is 19.5 Å². The van der Waals surface area contributed by atoms with Crippen LogP contribution in [0.15, 0.2) is 42.5 Å². The highest BCUT2D eigenvalue weighted by Gasteiger charge is 2.17. The van der Waals surface area contributed by atoms with E-state index in [2.05, 4.69) is 11.0 Å². The van der Waals surface area contributed by atoms with Crippen LogP contribution in [0.2, 0.25) is 0 Å². The second-order valence-corrected chi connectivity index (χ2v) is 6.60. The minimum Gasteiger partial charge on any atom is -0.493 e. The lowest BCUT2D eigenvalue weighted by atomic mass is 10.0. The number of carbonyl (C=O) groups excluding carboxylic acids is 1. The molecule has 2 aromatic rings. The smallest absolute Gasteiger partial charge is 0.254 e. The lowest BCUT2D eigenvalue weighted by Gasteiger charge is -2.20. The van der Waals surface area contributed by atoms with Gasteiger partial charge in [-0.25, -0.2) is 0 Å². The summed E-state index contributed by atoms with van der Waals surface area (Å²) in [6, 6.07) is 14.0. The quantitative estimate of drug-likeness (QED) is 0.848. The lowest BCUT2D eigenvalue weighted by Crippen LogP contribution is -2.28. The van der Waals surface area contributed by atoms with Crippen LogP contribution in [0.5, 0.6) is 5.75 Å². The van der Waals surface area contributed by atoms with Crippen molar-refractivity contribution in [1.82, 2.24) is 9.80 Å². The minimum absolute atomic E-state index is 0.0594. The Hall–Kier alpha value is -2.33. The molecule has 0 spiro atoms. The molecule has 0 fully saturated rings. The van der Waals surface area contributed by atoms with Gasteiger partial charge in [-0.15, -0.1) is 0 Å². The molecule has 4 nitrogen and oxygen atoms in total. The van der Waals surface area contributed by atoms with Gasteiger partial charge in [0.15, 0.2) is 0 Å². The topological polar surface area (TPSA) is 32.8 Å². The van der Waals surface area contributed by atoms with E-state index in [1.165, 1.54) is 5.56 Å². The van der Waals surface area contributed by atoms with Gasteiger partial charge in [0.05, 0.1) is 6.61 Å². The molecule has 3 rings (SSSR count). The summed E-state index contributed by atoms with van der Waals surface area (Å²) in [5.74, 6) is 1.04. The Bertz CT molecular complexity index is 740. The summed E-state index contributed by atoms with van der Waals surface area (Å²) in [4.78, 5) is 16.7. The van der Waals surface area contributed by atoms with E-state index in [-0.39, 0.29) is 5.91 Å². The van der Waals surface area contributed by atoms with Crippen LogP contribution in [0.4, 0.5) is 0 Å². The number of amides is 1. The van der Waals surface area contributed by atoms with Gasteiger partial charge < -0.3 is 14.5 Å². The predicted octanol–water partition coefficient (Wildman–Crippen LogP) is 2.96. The number of carbonyl (C=O) groups is 1. The van der Waals surface area contributed by atoms with E-state index < -0.39 is 0 Å². The Kier molecular flexibility index (Phi) is 4.86. The first kappa shape index (κ1) is 16.5. The van der Waals surface area contributed by atoms with E-state index in [1.807, 2.05) is 57.5 Å². The van der Waals surface area contributed by atoms with Gasteiger partial charge in [-0.1, -0.05) is 30.3 Å². The largest absolute Gasteiger partial charge is 0.493 e. The van der Waals surface area contributed by atoms with E-state index >= 15 is 0 Å². The molecule has 4 heteroatoms. The third kappa shape index (κ3) is 3.60. The van der Waals surface area contributed by atoms with Gasteiger partial charge in [0, 0.05) is 32.1 Å². The van der Waals surface area contributed by atoms with Crippen LogP contribution >= 0.6 is 0 Å². The summed E-state index contributed by atoms with van der Waals surface area (Å²) in [6.45, 7) is 2.11. The van der Waals surface area contributed by atoms with E-state index in [0.717, 1.165) is 42.0 Å². The second-order valence-electron chi connectivity index (χ2n) is 6.60. The van der Waals surface area contributed by atoms with E-state index in [0.29, 0.717) is 6.54 Å². The molecule has 1 heterocycles. The van der Waals surface area contributed by atoms with Gasteiger partial charge in [0.25, 0.3) is 5.91 Å². The third-order valence-electron chi connectivity index (χ3n) is 4.25. The molecule has 0 radical (unpaired) electrons. The van der Waals surface area contributed by atoms with Crippen molar-refractivity contribution in [2.75, 3.05) is 27.7 Å². The normalized spacial score (nSPS) is 12.8. The summed E-state index contributed by atoms with van der Waals surface area (Å²) in [7, 11) is 5.88. The van der Waals surface area contributed by atoms with Crippen molar-refractivity contribution in [2.24, 2.45) is 0 Å². The molecule has 0 atom stereocenters. The first-order chi connectivity index (χ1) is 11.5. The van der Waals surface area contributed by atoms with Crippen molar-refractivity contribution >= 4 is 5.91 Å². The number of benzene rings is 2. The summed E-state index contributed by atoms with van der Waals surface area (Å²) >= 11 is 0. The Morgan fingerprint density at radius 3 is 2.67 bits per heavy atom. The predicted molar refractivity (Wildman–Crippen MR) is 95.3 cm³/mol. The fourth-order valence-electron chi connectivity index (χ4n) is 3.10. The maximum absolute atomic E-state index is 12.9. The van der Waals surface area contributed by atoms with Crippen molar-refractivity contribution in [1.29, 1.82) is 0 Å². The number of fused-ring (bicyclic) bond motifs is 1. The molecule has 0 saturated carbocycles. The molecule has 0 aromatic heterocycles.